The summed E-state index contributed by atoms with van der Waals surface area (Å²) >= 11 is 0. The molecule has 0 amide bonds. The van der Waals surface area contributed by atoms with Gasteiger partial charge < -0.3 is 14.6 Å². The minimum Gasteiger partial charge on any atom is -0.480 e. The molecule has 0 aromatic heterocycles. The summed E-state index contributed by atoms with van der Waals surface area (Å²) in [5.41, 5.74) is 0.110. The Morgan fingerprint density at radius 3 is 2.75 bits per heavy atom. The largest absolute Gasteiger partial charge is 0.480 e. The van der Waals surface area contributed by atoms with Gasteiger partial charge in [0.25, 0.3) is 0 Å². The second-order valence-corrected chi connectivity index (χ2v) is 6.14. The molecular formula is C15H27NO4. The number of carboxylic acids is 1. The average molecular weight is 285 g/mol. The summed E-state index contributed by atoms with van der Waals surface area (Å²) in [4.78, 5) is 12.8. The fourth-order valence-corrected chi connectivity index (χ4v) is 3.52. The third-order valence-electron chi connectivity index (χ3n) is 4.54. The van der Waals surface area contributed by atoms with Gasteiger partial charge in [0.2, 0.25) is 0 Å². The van der Waals surface area contributed by atoms with E-state index in [0.717, 1.165) is 12.8 Å². The molecule has 0 radical (unpaired) electrons. The van der Waals surface area contributed by atoms with Crippen LogP contribution in [0.25, 0.3) is 0 Å². The van der Waals surface area contributed by atoms with E-state index in [1.807, 2.05) is 4.90 Å². The van der Waals surface area contributed by atoms with Crippen LogP contribution in [0, 0.1) is 0 Å². The van der Waals surface area contributed by atoms with E-state index >= 15 is 0 Å². The third kappa shape index (κ3) is 4.43. The lowest BCUT2D eigenvalue weighted by Crippen LogP contribution is -2.40. The van der Waals surface area contributed by atoms with Crippen LogP contribution in [-0.4, -0.2) is 61.0 Å². The Labute approximate surface area is 121 Å². The maximum atomic E-state index is 10.9. The van der Waals surface area contributed by atoms with Gasteiger partial charge in [0, 0.05) is 20.2 Å². The minimum absolute atomic E-state index is 0.0657. The topological polar surface area (TPSA) is 59.0 Å². The molecule has 5 heteroatoms. The quantitative estimate of drug-likeness (QED) is 0.774. The maximum Gasteiger partial charge on any atom is 0.317 e. The Hall–Kier alpha value is -0.650. The van der Waals surface area contributed by atoms with Crippen molar-refractivity contribution in [3.63, 3.8) is 0 Å². The summed E-state index contributed by atoms with van der Waals surface area (Å²) in [5.74, 6) is -0.786. The standard InChI is InChI=1S/C15H27NO4/c1-19-10-9-16(12-14(17)18)11-13-5-8-15(20-13)6-3-2-4-7-15/h13H,2-12H2,1H3,(H,17,18). The number of aliphatic carboxylic acids is 1. The molecule has 1 saturated carbocycles. The van der Waals surface area contributed by atoms with Crippen molar-refractivity contribution >= 4 is 5.97 Å². The Kier molecular flexibility index (Phi) is 5.81. The van der Waals surface area contributed by atoms with Crippen LogP contribution >= 0.6 is 0 Å². The molecule has 116 valence electrons. The number of hydrogen-bond donors (Lipinski definition) is 1. The first kappa shape index (κ1) is 15.7. The number of methoxy groups -OCH3 is 1. The summed E-state index contributed by atoms with van der Waals surface area (Å²) in [6, 6.07) is 0. The van der Waals surface area contributed by atoms with E-state index in [0.29, 0.717) is 19.7 Å². The zero-order chi connectivity index (χ0) is 14.4. The molecule has 0 aromatic rings. The molecule has 2 rings (SSSR count). The number of rotatable bonds is 7. The normalized spacial score (nSPS) is 25.4. The second kappa shape index (κ2) is 7.38. The molecule has 5 nitrogen and oxygen atoms in total. The van der Waals surface area contributed by atoms with Crippen molar-refractivity contribution in [1.29, 1.82) is 0 Å². The summed E-state index contributed by atoms with van der Waals surface area (Å²) in [7, 11) is 1.64. The van der Waals surface area contributed by atoms with Crippen LogP contribution in [0.15, 0.2) is 0 Å². The zero-order valence-electron chi connectivity index (χ0n) is 12.5. The Morgan fingerprint density at radius 1 is 1.35 bits per heavy atom. The van der Waals surface area contributed by atoms with E-state index < -0.39 is 5.97 Å². The highest BCUT2D eigenvalue weighted by Crippen LogP contribution is 2.41. The van der Waals surface area contributed by atoms with Crippen molar-refractivity contribution in [2.75, 3.05) is 33.4 Å². The van der Waals surface area contributed by atoms with Gasteiger partial charge in [-0.1, -0.05) is 19.3 Å². The maximum absolute atomic E-state index is 10.9. The molecule has 1 unspecified atom stereocenters. The average Bonchev–Trinajstić information content (AvgIpc) is 2.79. The van der Waals surface area contributed by atoms with Crippen molar-refractivity contribution in [3.05, 3.63) is 0 Å². The first-order valence-corrected chi connectivity index (χ1v) is 7.74. The van der Waals surface area contributed by atoms with Crippen molar-refractivity contribution in [2.24, 2.45) is 0 Å². The van der Waals surface area contributed by atoms with Crippen molar-refractivity contribution < 1.29 is 19.4 Å². The van der Waals surface area contributed by atoms with Gasteiger partial charge >= 0.3 is 5.97 Å². The monoisotopic (exact) mass is 285 g/mol. The van der Waals surface area contributed by atoms with Crippen LogP contribution in [0.1, 0.15) is 44.9 Å². The molecule has 1 aliphatic heterocycles. The van der Waals surface area contributed by atoms with Crippen LogP contribution in [0.5, 0.6) is 0 Å². The highest BCUT2D eigenvalue weighted by Gasteiger charge is 2.41. The van der Waals surface area contributed by atoms with E-state index in [4.69, 9.17) is 14.6 Å². The number of hydrogen-bond acceptors (Lipinski definition) is 4. The first-order chi connectivity index (χ1) is 9.63. The van der Waals surface area contributed by atoms with Gasteiger partial charge in [-0.25, -0.2) is 0 Å². The predicted molar refractivity (Wildman–Crippen MR) is 75.9 cm³/mol. The Balaban J connectivity index is 1.82. The number of nitrogens with zero attached hydrogens (tertiary/aromatic N) is 1. The lowest BCUT2D eigenvalue weighted by molar-refractivity contribution is -0.139. The SMILES string of the molecule is COCCN(CC(=O)O)CC1CCC2(CCCCC2)O1. The fraction of sp³-hybridized carbons (Fsp3) is 0.933. The Bertz CT molecular complexity index is 315. The Morgan fingerprint density at radius 2 is 2.10 bits per heavy atom. The third-order valence-corrected chi connectivity index (χ3v) is 4.54. The molecule has 1 N–H and O–H groups in total. The molecule has 1 aliphatic carbocycles. The lowest BCUT2D eigenvalue weighted by Gasteiger charge is -2.34. The number of carbonyl (C=O) groups is 1. The smallest absolute Gasteiger partial charge is 0.317 e. The molecule has 1 atom stereocenters. The van der Waals surface area contributed by atoms with Crippen LogP contribution in [0.2, 0.25) is 0 Å². The highest BCUT2D eigenvalue weighted by atomic mass is 16.5. The molecule has 1 saturated heterocycles. The van der Waals surface area contributed by atoms with Gasteiger partial charge in [0.15, 0.2) is 0 Å². The van der Waals surface area contributed by atoms with Crippen LogP contribution < -0.4 is 0 Å². The van der Waals surface area contributed by atoms with Gasteiger partial charge in [-0.2, -0.15) is 0 Å². The lowest BCUT2D eigenvalue weighted by atomic mass is 9.83. The first-order valence-electron chi connectivity index (χ1n) is 7.74. The number of ether oxygens (including phenoxy) is 2. The van der Waals surface area contributed by atoms with Gasteiger partial charge in [0.1, 0.15) is 0 Å². The predicted octanol–water partition coefficient (Wildman–Crippen LogP) is 1.90. The molecular weight excluding hydrogens is 258 g/mol. The van der Waals surface area contributed by atoms with Gasteiger partial charge in [-0.3, -0.25) is 9.69 Å². The van der Waals surface area contributed by atoms with E-state index in [9.17, 15) is 4.79 Å². The summed E-state index contributed by atoms with van der Waals surface area (Å²) in [6.45, 7) is 1.98. The van der Waals surface area contributed by atoms with Crippen molar-refractivity contribution in [1.82, 2.24) is 4.90 Å². The summed E-state index contributed by atoms with van der Waals surface area (Å²) in [6.07, 6.45) is 8.62. The van der Waals surface area contributed by atoms with E-state index in [2.05, 4.69) is 0 Å². The van der Waals surface area contributed by atoms with Crippen LogP contribution in [0.4, 0.5) is 0 Å². The van der Waals surface area contributed by atoms with Crippen molar-refractivity contribution in [3.8, 4) is 0 Å². The number of carboxylic acid groups (broad SMARTS) is 1. The molecule has 0 aromatic carbocycles. The van der Waals surface area contributed by atoms with Crippen molar-refractivity contribution in [2.45, 2.75) is 56.7 Å². The highest BCUT2D eigenvalue weighted by molar-refractivity contribution is 5.69. The molecule has 20 heavy (non-hydrogen) atoms. The van der Waals surface area contributed by atoms with E-state index in [1.165, 1.54) is 32.1 Å². The van der Waals surface area contributed by atoms with Crippen LogP contribution in [-0.2, 0) is 14.3 Å². The second-order valence-electron chi connectivity index (χ2n) is 6.14. The van der Waals surface area contributed by atoms with Crippen LogP contribution in [0.3, 0.4) is 0 Å². The molecule has 1 heterocycles. The van der Waals surface area contributed by atoms with Gasteiger partial charge in [-0.15, -0.1) is 0 Å². The minimum atomic E-state index is -0.786. The summed E-state index contributed by atoms with van der Waals surface area (Å²) < 4.78 is 11.4. The molecule has 2 fully saturated rings. The van der Waals surface area contributed by atoms with E-state index in [-0.39, 0.29) is 18.2 Å². The summed E-state index contributed by atoms with van der Waals surface area (Å²) in [5, 5.41) is 8.98. The van der Waals surface area contributed by atoms with Gasteiger partial charge in [0.05, 0.1) is 24.9 Å². The molecule has 1 spiro atoms. The molecule has 2 aliphatic rings. The fourth-order valence-electron chi connectivity index (χ4n) is 3.52. The molecule has 0 bridgehead atoms. The van der Waals surface area contributed by atoms with E-state index in [1.54, 1.807) is 7.11 Å². The zero-order valence-corrected chi connectivity index (χ0v) is 12.5. The van der Waals surface area contributed by atoms with Gasteiger partial charge in [-0.05, 0) is 25.7 Å².